The summed E-state index contributed by atoms with van der Waals surface area (Å²) in [6.07, 6.45) is 6.43. The zero-order valence-corrected chi connectivity index (χ0v) is 13.7. The quantitative estimate of drug-likeness (QED) is 0.606. The minimum Gasteiger partial charge on any atom is -0.271 e. The van der Waals surface area contributed by atoms with Crippen molar-refractivity contribution in [2.24, 2.45) is 17.7 Å². The molecule has 0 spiro atoms. The van der Waals surface area contributed by atoms with Crippen LogP contribution >= 0.6 is 27.5 Å². The van der Waals surface area contributed by atoms with E-state index in [1.165, 1.54) is 37.7 Å². The highest BCUT2D eigenvalue weighted by atomic mass is 79.9. The minimum atomic E-state index is 0.183. The maximum Gasteiger partial charge on any atom is 0.0499 e. The Morgan fingerprint density at radius 1 is 1.47 bits per heavy atom. The SMILES string of the molecule is CCC1CCCC(C(NN)c2cc(Cl)ccc2Br)C1. The van der Waals surface area contributed by atoms with Crippen LogP contribution in [0.15, 0.2) is 22.7 Å². The van der Waals surface area contributed by atoms with E-state index in [2.05, 4.69) is 28.3 Å². The van der Waals surface area contributed by atoms with Gasteiger partial charge in [0.2, 0.25) is 0 Å². The van der Waals surface area contributed by atoms with Gasteiger partial charge in [0.05, 0.1) is 0 Å². The smallest absolute Gasteiger partial charge is 0.0499 e. The van der Waals surface area contributed by atoms with Gasteiger partial charge in [-0.3, -0.25) is 11.3 Å². The summed E-state index contributed by atoms with van der Waals surface area (Å²) in [5, 5.41) is 0.765. The number of rotatable bonds is 4. The van der Waals surface area contributed by atoms with Crippen molar-refractivity contribution in [1.82, 2.24) is 5.43 Å². The summed E-state index contributed by atoms with van der Waals surface area (Å²) in [5.41, 5.74) is 4.19. The van der Waals surface area contributed by atoms with Crippen LogP contribution in [-0.2, 0) is 0 Å². The highest BCUT2D eigenvalue weighted by Gasteiger charge is 2.29. The van der Waals surface area contributed by atoms with E-state index in [0.717, 1.165) is 15.4 Å². The highest BCUT2D eigenvalue weighted by Crippen LogP contribution is 2.40. The number of halogens is 2. The number of nitrogens with two attached hydrogens (primary N) is 1. The lowest BCUT2D eigenvalue weighted by Gasteiger charge is -2.34. The molecule has 2 rings (SSSR count). The largest absolute Gasteiger partial charge is 0.271 e. The number of hydrazine groups is 1. The molecule has 4 heteroatoms. The lowest BCUT2D eigenvalue weighted by molar-refractivity contribution is 0.209. The molecule has 0 amide bonds. The fraction of sp³-hybridized carbons (Fsp3) is 0.600. The van der Waals surface area contributed by atoms with Gasteiger partial charge in [-0.25, -0.2) is 0 Å². The Hall–Kier alpha value is -0.0900. The van der Waals surface area contributed by atoms with Crippen molar-refractivity contribution in [1.29, 1.82) is 0 Å². The molecule has 1 fully saturated rings. The van der Waals surface area contributed by atoms with Crippen molar-refractivity contribution in [2.75, 3.05) is 0 Å². The average molecular weight is 346 g/mol. The lowest BCUT2D eigenvalue weighted by atomic mass is 9.75. The molecule has 106 valence electrons. The Kier molecular flexibility index (Phi) is 5.70. The fourth-order valence-electron chi connectivity index (χ4n) is 3.24. The predicted octanol–water partition coefficient (Wildman–Crippen LogP) is 4.82. The first kappa shape index (κ1) is 15.3. The monoisotopic (exact) mass is 344 g/mol. The van der Waals surface area contributed by atoms with E-state index in [4.69, 9.17) is 17.4 Å². The Morgan fingerprint density at radius 3 is 2.95 bits per heavy atom. The molecule has 0 aromatic heterocycles. The number of hydrogen-bond acceptors (Lipinski definition) is 2. The Labute approximate surface area is 129 Å². The van der Waals surface area contributed by atoms with E-state index < -0.39 is 0 Å². The van der Waals surface area contributed by atoms with Gasteiger partial charge in [-0.2, -0.15) is 0 Å². The van der Waals surface area contributed by atoms with Gasteiger partial charge >= 0.3 is 0 Å². The second kappa shape index (κ2) is 7.07. The van der Waals surface area contributed by atoms with Gasteiger partial charge in [0.1, 0.15) is 0 Å². The number of hydrogen-bond donors (Lipinski definition) is 2. The van der Waals surface area contributed by atoms with Crippen LogP contribution in [0.4, 0.5) is 0 Å². The van der Waals surface area contributed by atoms with Crippen molar-refractivity contribution < 1.29 is 0 Å². The molecule has 19 heavy (non-hydrogen) atoms. The second-order valence-electron chi connectivity index (χ2n) is 5.51. The van der Waals surface area contributed by atoms with Gasteiger partial charge in [0, 0.05) is 15.5 Å². The van der Waals surface area contributed by atoms with Gasteiger partial charge in [-0.1, -0.05) is 53.7 Å². The van der Waals surface area contributed by atoms with E-state index in [-0.39, 0.29) is 6.04 Å². The average Bonchev–Trinajstić information content (AvgIpc) is 2.44. The van der Waals surface area contributed by atoms with Gasteiger partial charge < -0.3 is 0 Å². The third-order valence-electron chi connectivity index (χ3n) is 4.34. The first-order valence-electron chi connectivity index (χ1n) is 7.06. The van der Waals surface area contributed by atoms with Crippen LogP contribution in [0, 0.1) is 11.8 Å². The molecule has 0 heterocycles. The summed E-state index contributed by atoms with van der Waals surface area (Å²) in [6.45, 7) is 2.28. The molecule has 3 unspecified atom stereocenters. The minimum absolute atomic E-state index is 0.183. The van der Waals surface area contributed by atoms with Crippen LogP contribution in [0.5, 0.6) is 0 Å². The molecule has 1 aliphatic rings. The Balaban J connectivity index is 2.21. The van der Waals surface area contributed by atoms with Crippen LogP contribution in [0.3, 0.4) is 0 Å². The Bertz CT molecular complexity index is 425. The molecule has 2 nitrogen and oxygen atoms in total. The van der Waals surface area contributed by atoms with Crippen LogP contribution in [-0.4, -0.2) is 0 Å². The summed E-state index contributed by atoms with van der Waals surface area (Å²) in [5.74, 6) is 7.26. The zero-order valence-electron chi connectivity index (χ0n) is 11.3. The Morgan fingerprint density at radius 2 is 2.26 bits per heavy atom. The van der Waals surface area contributed by atoms with Crippen LogP contribution in [0.25, 0.3) is 0 Å². The summed E-state index contributed by atoms with van der Waals surface area (Å²) >= 11 is 9.74. The highest BCUT2D eigenvalue weighted by molar-refractivity contribution is 9.10. The summed E-state index contributed by atoms with van der Waals surface area (Å²) < 4.78 is 1.08. The van der Waals surface area contributed by atoms with Crippen molar-refractivity contribution in [2.45, 2.75) is 45.1 Å². The summed E-state index contributed by atoms with van der Waals surface area (Å²) in [7, 11) is 0. The maximum atomic E-state index is 6.12. The predicted molar refractivity (Wildman–Crippen MR) is 85.0 cm³/mol. The lowest BCUT2D eigenvalue weighted by Crippen LogP contribution is -2.36. The molecule has 1 aromatic rings. The van der Waals surface area contributed by atoms with Gasteiger partial charge in [0.25, 0.3) is 0 Å². The van der Waals surface area contributed by atoms with Crippen molar-refractivity contribution in [3.63, 3.8) is 0 Å². The van der Waals surface area contributed by atoms with Crippen molar-refractivity contribution in [3.8, 4) is 0 Å². The summed E-state index contributed by atoms with van der Waals surface area (Å²) in [4.78, 5) is 0. The number of nitrogens with one attached hydrogen (secondary N) is 1. The molecule has 3 N–H and O–H groups in total. The normalized spacial score (nSPS) is 25.3. The molecular formula is C15H22BrClN2. The molecule has 0 radical (unpaired) electrons. The number of benzene rings is 1. The van der Waals surface area contributed by atoms with E-state index in [9.17, 15) is 0 Å². The first-order chi connectivity index (χ1) is 9.15. The van der Waals surface area contributed by atoms with Crippen LogP contribution in [0.2, 0.25) is 5.02 Å². The van der Waals surface area contributed by atoms with Gasteiger partial charge in [0.15, 0.2) is 0 Å². The molecule has 1 saturated carbocycles. The molecule has 0 saturated heterocycles. The summed E-state index contributed by atoms with van der Waals surface area (Å²) in [6, 6.07) is 6.11. The van der Waals surface area contributed by atoms with Gasteiger partial charge in [-0.05, 0) is 48.4 Å². The molecule has 1 aromatic carbocycles. The van der Waals surface area contributed by atoms with E-state index in [1.54, 1.807) is 0 Å². The molecule has 0 bridgehead atoms. The van der Waals surface area contributed by atoms with Gasteiger partial charge in [-0.15, -0.1) is 0 Å². The van der Waals surface area contributed by atoms with Crippen LogP contribution in [0.1, 0.15) is 50.6 Å². The van der Waals surface area contributed by atoms with E-state index in [0.29, 0.717) is 5.92 Å². The third-order valence-corrected chi connectivity index (χ3v) is 5.30. The van der Waals surface area contributed by atoms with E-state index >= 15 is 0 Å². The third kappa shape index (κ3) is 3.72. The molecule has 3 atom stereocenters. The van der Waals surface area contributed by atoms with Crippen molar-refractivity contribution in [3.05, 3.63) is 33.3 Å². The van der Waals surface area contributed by atoms with Crippen molar-refractivity contribution >= 4 is 27.5 Å². The maximum absolute atomic E-state index is 6.12. The second-order valence-corrected chi connectivity index (χ2v) is 6.80. The fourth-order valence-corrected chi connectivity index (χ4v) is 3.91. The zero-order chi connectivity index (χ0) is 13.8. The first-order valence-corrected chi connectivity index (χ1v) is 8.23. The van der Waals surface area contributed by atoms with E-state index in [1.807, 2.05) is 18.2 Å². The molecule has 0 aliphatic heterocycles. The standard InChI is InChI=1S/C15H22BrClN2/c1-2-10-4-3-5-11(8-10)15(19-18)13-9-12(17)6-7-14(13)16/h6-7,9-11,15,19H,2-5,8,18H2,1H3. The molecule has 1 aliphatic carbocycles. The molecular weight excluding hydrogens is 324 g/mol. The van der Waals surface area contributed by atoms with Crippen LogP contribution < -0.4 is 11.3 Å². The topological polar surface area (TPSA) is 38.0 Å².